The molecule has 1 aliphatic heterocycles. The predicted octanol–water partition coefficient (Wildman–Crippen LogP) is 4.55. The summed E-state index contributed by atoms with van der Waals surface area (Å²) in [5, 5.41) is 7.12. The van der Waals surface area contributed by atoms with Crippen molar-refractivity contribution in [2.24, 2.45) is 5.92 Å². The molecule has 116 valence electrons. The van der Waals surface area contributed by atoms with Crippen LogP contribution in [0.25, 0.3) is 5.57 Å². The van der Waals surface area contributed by atoms with Crippen LogP contribution in [0.1, 0.15) is 50.8 Å². The van der Waals surface area contributed by atoms with Crippen molar-refractivity contribution in [2.45, 2.75) is 53.6 Å². The predicted molar refractivity (Wildman–Crippen MR) is 94.4 cm³/mol. The monoisotopic (exact) mass is 304 g/mol. The van der Waals surface area contributed by atoms with Crippen molar-refractivity contribution in [3.05, 3.63) is 39.2 Å². The molecule has 0 saturated carbocycles. The fourth-order valence-corrected chi connectivity index (χ4v) is 3.33. The van der Waals surface area contributed by atoms with Crippen molar-refractivity contribution < 1.29 is 0 Å². The SMILES string of the molecule is CCC1=CC(c2ccc(CNC(C)C(C)C)s2)=C(C)NC1. The maximum Gasteiger partial charge on any atom is 0.0363 e. The molecule has 1 unspecified atom stereocenters. The van der Waals surface area contributed by atoms with E-state index in [1.54, 1.807) is 0 Å². The topological polar surface area (TPSA) is 24.1 Å². The van der Waals surface area contributed by atoms with Gasteiger partial charge < -0.3 is 10.6 Å². The van der Waals surface area contributed by atoms with E-state index in [2.05, 4.69) is 63.5 Å². The molecule has 2 heterocycles. The summed E-state index contributed by atoms with van der Waals surface area (Å²) in [5.41, 5.74) is 4.15. The minimum Gasteiger partial charge on any atom is -0.384 e. The molecule has 1 aromatic heterocycles. The molecule has 0 fully saturated rings. The third kappa shape index (κ3) is 4.21. The van der Waals surface area contributed by atoms with Crippen LogP contribution in [-0.4, -0.2) is 12.6 Å². The molecule has 0 amide bonds. The number of nitrogens with one attached hydrogen (secondary N) is 2. The van der Waals surface area contributed by atoms with Crippen LogP contribution in [0.5, 0.6) is 0 Å². The van der Waals surface area contributed by atoms with E-state index in [0.717, 1.165) is 19.5 Å². The summed E-state index contributed by atoms with van der Waals surface area (Å²) in [6, 6.07) is 5.07. The molecule has 1 aliphatic rings. The first-order valence-corrected chi connectivity index (χ1v) is 8.79. The fourth-order valence-electron chi connectivity index (χ4n) is 2.30. The lowest BCUT2D eigenvalue weighted by Crippen LogP contribution is -2.29. The quantitative estimate of drug-likeness (QED) is 0.805. The van der Waals surface area contributed by atoms with E-state index >= 15 is 0 Å². The van der Waals surface area contributed by atoms with Crippen molar-refractivity contribution in [1.29, 1.82) is 0 Å². The van der Waals surface area contributed by atoms with E-state index in [4.69, 9.17) is 0 Å². The van der Waals surface area contributed by atoms with Gasteiger partial charge in [-0.25, -0.2) is 0 Å². The zero-order chi connectivity index (χ0) is 15.4. The van der Waals surface area contributed by atoms with E-state index in [0.29, 0.717) is 12.0 Å². The van der Waals surface area contributed by atoms with Crippen LogP contribution >= 0.6 is 11.3 Å². The molecule has 1 aromatic rings. The van der Waals surface area contributed by atoms with Crippen LogP contribution in [0.4, 0.5) is 0 Å². The van der Waals surface area contributed by atoms with Gasteiger partial charge in [0, 0.05) is 40.2 Å². The highest BCUT2D eigenvalue weighted by atomic mass is 32.1. The Morgan fingerprint density at radius 1 is 1.29 bits per heavy atom. The van der Waals surface area contributed by atoms with Crippen molar-refractivity contribution >= 4 is 16.9 Å². The first kappa shape index (κ1) is 16.3. The van der Waals surface area contributed by atoms with E-state index < -0.39 is 0 Å². The highest BCUT2D eigenvalue weighted by Gasteiger charge is 2.13. The molecule has 1 atom stereocenters. The molecule has 2 N–H and O–H groups in total. The van der Waals surface area contributed by atoms with Gasteiger partial charge in [0.25, 0.3) is 0 Å². The smallest absolute Gasteiger partial charge is 0.0363 e. The van der Waals surface area contributed by atoms with Gasteiger partial charge >= 0.3 is 0 Å². The van der Waals surface area contributed by atoms with Gasteiger partial charge in [0.2, 0.25) is 0 Å². The lowest BCUT2D eigenvalue weighted by Gasteiger charge is -2.18. The molecule has 0 spiro atoms. The molecule has 21 heavy (non-hydrogen) atoms. The van der Waals surface area contributed by atoms with Crippen LogP contribution in [0, 0.1) is 5.92 Å². The number of allylic oxidation sites excluding steroid dienone is 3. The largest absolute Gasteiger partial charge is 0.384 e. The number of hydrogen-bond donors (Lipinski definition) is 2. The number of thiophene rings is 1. The summed E-state index contributed by atoms with van der Waals surface area (Å²) in [6.07, 6.45) is 3.49. The van der Waals surface area contributed by atoms with Crippen LogP contribution in [-0.2, 0) is 6.54 Å². The number of hydrogen-bond acceptors (Lipinski definition) is 3. The Hall–Kier alpha value is -1.06. The Kier molecular flexibility index (Phi) is 5.65. The van der Waals surface area contributed by atoms with Gasteiger partial charge in [-0.15, -0.1) is 11.3 Å². The third-order valence-corrected chi connectivity index (χ3v) is 5.43. The fraction of sp³-hybridized carbons (Fsp3) is 0.556. The molecule has 0 radical (unpaired) electrons. The summed E-state index contributed by atoms with van der Waals surface area (Å²) in [5.74, 6) is 0.673. The average molecular weight is 305 g/mol. The van der Waals surface area contributed by atoms with E-state index in [1.165, 1.54) is 26.6 Å². The Morgan fingerprint density at radius 2 is 2.05 bits per heavy atom. The van der Waals surface area contributed by atoms with Crippen LogP contribution in [0.15, 0.2) is 29.5 Å². The van der Waals surface area contributed by atoms with E-state index in [9.17, 15) is 0 Å². The van der Waals surface area contributed by atoms with Crippen molar-refractivity contribution in [1.82, 2.24) is 10.6 Å². The minimum absolute atomic E-state index is 0.555. The van der Waals surface area contributed by atoms with Gasteiger partial charge in [0.1, 0.15) is 0 Å². The maximum absolute atomic E-state index is 3.61. The van der Waals surface area contributed by atoms with Crippen LogP contribution in [0.3, 0.4) is 0 Å². The summed E-state index contributed by atoms with van der Waals surface area (Å²) in [6.45, 7) is 13.1. The number of rotatable bonds is 6. The molecule has 0 saturated heterocycles. The molecular formula is C18H28N2S. The Balaban J connectivity index is 2.07. The first-order chi connectivity index (χ1) is 10.0. The maximum atomic E-state index is 3.61. The van der Waals surface area contributed by atoms with Gasteiger partial charge in [-0.05, 0) is 38.3 Å². The first-order valence-electron chi connectivity index (χ1n) is 7.98. The van der Waals surface area contributed by atoms with Gasteiger partial charge in [0.15, 0.2) is 0 Å². The average Bonchev–Trinajstić information content (AvgIpc) is 2.93. The number of dihydropyridines is 1. The Bertz CT molecular complexity index is 537. The minimum atomic E-state index is 0.555. The summed E-state index contributed by atoms with van der Waals surface area (Å²) >= 11 is 1.90. The lowest BCUT2D eigenvalue weighted by molar-refractivity contribution is 0.428. The second kappa shape index (κ2) is 7.28. The van der Waals surface area contributed by atoms with Gasteiger partial charge in [-0.3, -0.25) is 0 Å². The van der Waals surface area contributed by atoms with Gasteiger partial charge in [-0.1, -0.05) is 32.4 Å². The second-order valence-corrected chi connectivity index (χ2v) is 7.40. The molecule has 0 aliphatic carbocycles. The van der Waals surface area contributed by atoms with Gasteiger partial charge in [-0.2, -0.15) is 0 Å². The molecule has 3 heteroatoms. The van der Waals surface area contributed by atoms with Gasteiger partial charge in [0.05, 0.1) is 0 Å². The molecule has 0 aromatic carbocycles. The summed E-state index contributed by atoms with van der Waals surface area (Å²) in [4.78, 5) is 2.79. The lowest BCUT2D eigenvalue weighted by atomic mass is 10.0. The van der Waals surface area contributed by atoms with Crippen molar-refractivity contribution in [2.75, 3.05) is 6.54 Å². The molecule has 0 bridgehead atoms. The Morgan fingerprint density at radius 3 is 2.71 bits per heavy atom. The normalized spacial score (nSPS) is 17.0. The molecular weight excluding hydrogens is 276 g/mol. The Labute approximate surface area is 133 Å². The standard InChI is InChI=1S/C18H28N2S/c1-6-15-9-17(14(5)19-10-15)18-8-7-16(21-18)11-20-13(4)12(2)3/h7-9,12-13,19-20H,6,10-11H2,1-5H3. The van der Waals surface area contributed by atoms with Crippen molar-refractivity contribution in [3.8, 4) is 0 Å². The summed E-state index contributed by atoms with van der Waals surface area (Å²) < 4.78 is 0. The third-order valence-electron chi connectivity index (χ3n) is 4.31. The molecule has 2 nitrogen and oxygen atoms in total. The zero-order valence-electron chi connectivity index (χ0n) is 13.9. The van der Waals surface area contributed by atoms with Crippen molar-refractivity contribution in [3.63, 3.8) is 0 Å². The van der Waals surface area contributed by atoms with E-state index in [1.807, 2.05) is 11.3 Å². The summed E-state index contributed by atoms with van der Waals surface area (Å²) in [7, 11) is 0. The highest BCUT2D eigenvalue weighted by Crippen LogP contribution is 2.30. The highest BCUT2D eigenvalue weighted by molar-refractivity contribution is 7.13. The second-order valence-electron chi connectivity index (χ2n) is 6.23. The molecule has 2 rings (SSSR count). The van der Waals surface area contributed by atoms with Crippen LogP contribution < -0.4 is 10.6 Å². The van der Waals surface area contributed by atoms with Crippen LogP contribution in [0.2, 0.25) is 0 Å². The van der Waals surface area contributed by atoms with E-state index in [-0.39, 0.29) is 0 Å². The zero-order valence-corrected chi connectivity index (χ0v) is 14.7.